The number of aromatic amines is 1. The molecule has 1 aliphatic heterocycles. The first kappa shape index (κ1) is 11.8. The van der Waals surface area contributed by atoms with Crippen LogP contribution in [0.2, 0.25) is 0 Å². The lowest BCUT2D eigenvalue weighted by Crippen LogP contribution is -2.28. The van der Waals surface area contributed by atoms with Gasteiger partial charge in [-0.25, -0.2) is 0 Å². The molecular weight excluding hydrogens is 242 g/mol. The van der Waals surface area contributed by atoms with Crippen LogP contribution in [0.4, 0.5) is 0 Å². The number of nitrogens with one attached hydrogen (secondary N) is 2. The van der Waals surface area contributed by atoms with Crippen LogP contribution in [0.15, 0.2) is 36.7 Å². The van der Waals surface area contributed by atoms with Gasteiger partial charge in [-0.05, 0) is 18.1 Å². The van der Waals surface area contributed by atoms with Gasteiger partial charge in [0.2, 0.25) is 0 Å². The minimum atomic E-state index is 0.320. The molecule has 2 atom stereocenters. The van der Waals surface area contributed by atoms with Crippen molar-refractivity contribution >= 4 is 11.8 Å². The van der Waals surface area contributed by atoms with E-state index in [4.69, 9.17) is 0 Å². The summed E-state index contributed by atoms with van der Waals surface area (Å²) in [5, 5.41) is 10.6. The van der Waals surface area contributed by atoms with E-state index >= 15 is 0 Å². The molecule has 2 N–H and O–H groups in total. The molecule has 0 saturated carbocycles. The minimum Gasteiger partial charge on any atom is -0.302 e. The third-order valence-electron chi connectivity index (χ3n) is 3.44. The Hall–Kier alpha value is -1.26. The van der Waals surface area contributed by atoms with E-state index in [2.05, 4.69) is 46.7 Å². The van der Waals surface area contributed by atoms with Gasteiger partial charge in [0.15, 0.2) is 0 Å². The number of rotatable bonds is 3. The van der Waals surface area contributed by atoms with Gasteiger partial charge in [0, 0.05) is 35.3 Å². The normalized spacial score (nSPS) is 20.4. The Morgan fingerprint density at radius 2 is 2.33 bits per heavy atom. The fourth-order valence-corrected chi connectivity index (χ4v) is 3.53. The molecule has 0 radical (unpaired) electrons. The first-order valence-electron chi connectivity index (χ1n) is 6.25. The standard InChI is InChI=1S/C14H17N3S/c1-10(12-6-15-16-7-12)17-14-9-18-8-11-4-2-3-5-13(11)14/h2-7,10,14,17H,8-9H2,1H3,(H,15,16). The molecule has 0 amide bonds. The maximum Gasteiger partial charge on any atom is 0.0534 e. The fourth-order valence-electron chi connectivity index (χ4n) is 2.42. The molecule has 18 heavy (non-hydrogen) atoms. The van der Waals surface area contributed by atoms with Gasteiger partial charge in [-0.1, -0.05) is 24.3 Å². The van der Waals surface area contributed by atoms with Crippen LogP contribution >= 0.6 is 11.8 Å². The lowest BCUT2D eigenvalue weighted by Gasteiger charge is -2.28. The van der Waals surface area contributed by atoms with Crippen LogP contribution in [0.1, 0.15) is 35.7 Å². The van der Waals surface area contributed by atoms with Crippen LogP contribution in [0.5, 0.6) is 0 Å². The summed E-state index contributed by atoms with van der Waals surface area (Å²) in [6.45, 7) is 2.19. The third kappa shape index (κ3) is 2.31. The largest absolute Gasteiger partial charge is 0.302 e. The van der Waals surface area contributed by atoms with E-state index in [1.165, 1.54) is 16.7 Å². The van der Waals surface area contributed by atoms with E-state index in [1.807, 2.05) is 24.2 Å². The van der Waals surface area contributed by atoms with Crippen molar-refractivity contribution in [1.29, 1.82) is 0 Å². The van der Waals surface area contributed by atoms with Crippen molar-refractivity contribution in [2.24, 2.45) is 0 Å². The summed E-state index contributed by atoms with van der Waals surface area (Å²) in [7, 11) is 0. The predicted molar refractivity (Wildman–Crippen MR) is 75.5 cm³/mol. The third-order valence-corrected chi connectivity index (χ3v) is 4.53. The molecule has 0 fully saturated rings. The Morgan fingerprint density at radius 3 is 3.17 bits per heavy atom. The maximum atomic E-state index is 4.01. The molecule has 0 aliphatic carbocycles. The second kappa shape index (κ2) is 5.16. The topological polar surface area (TPSA) is 40.7 Å². The Morgan fingerprint density at radius 1 is 1.44 bits per heavy atom. The molecule has 3 nitrogen and oxygen atoms in total. The zero-order valence-electron chi connectivity index (χ0n) is 10.4. The number of thioether (sulfide) groups is 1. The smallest absolute Gasteiger partial charge is 0.0534 e. The van der Waals surface area contributed by atoms with Gasteiger partial charge in [-0.15, -0.1) is 0 Å². The highest BCUT2D eigenvalue weighted by molar-refractivity contribution is 7.98. The number of fused-ring (bicyclic) bond motifs is 1. The quantitative estimate of drug-likeness (QED) is 0.890. The predicted octanol–water partition coefficient (Wildman–Crippen LogP) is 3.05. The summed E-state index contributed by atoms with van der Waals surface area (Å²) in [5.74, 6) is 2.27. The van der Waals surface area contributed by atoms with E-state index < -0.39 is 0 Å². The molecule has 1 aromatic carbocycles. The van der Waals surface area contributed by atoms with Gasteiger partial charge >= 0.3 is 0 Å². The minimum absolute atomic E-state index is 0.320. The van der Waals surface area contributed by atoms with Crippen LogP contribution in [0.3, 0.4) is 0 Å². The van der Waals surface area contributed by atoms with Gasteiger partial charge in [0.1, 0.15) is 0 Å². The molecule has 0 bridgehead atoms. The van der Waals surface area contributed by atoms with Crippen molar-refractivity contribution < 1.29 is 0 Å². The second-order valence-electron chi connectivity index (χ2n) is 4.69. The molecule has 2 unspecified atom stereocenters. The Bertz CT molecular complexity index is 510. The molecule has 4 heteroatoms. The number of benzene rings is 1. The molecule has 0 spiro atoms. The maximum absolute atomic E-state index is 4.01. The van der Waals surface area contributed by atoms with Gasteiger partial charge in [0.05, 0.1) is 6.20 Å². The molecular formula is C14H17N3S. The van der Waals surface area contributed by atoms with Crippen LogP contribution in [-0.2, 0) is 5.75 Å². The summed E-state index contributed by atoms with van der Waals surface area (Å²) < 4.78 is 0. The summed E-state index contributed by atoms with van der Waals surface area (Å²) in [4.78, 5) is 0. The van der Waals surface area contributed by atoms with Crippen LogP contribution in [0, 0.1) is 0 Å². The summed E-state index contributed by atoms with van der Waals surface area (Å²) in [6.07, 6.45) is 3.85. The zero-order valence-corrected chi connectivity index (χ0v) is 11.2. The average Bonchev–Trinajstić information content (AvgIpc) is 2.93. The Labute approximate surface area is 111 Å². The van der Waals surface area contributed by atoms with Crippen LogP contribution in [0.25, 0.3) is 0 Å². The van der Waals surface area contributed by atoms with Crippen molar-refractivity contribution in [1.82, 2.24) is 15.5 Å². The molecule has 0 saturated heterocycles. The number of hydrogen-bond acceptors (Lipinski definition) is 3. The van der Waals surface area contributed by atoms with Crippen molar-refractivity contribution in [3.63, 3.8) is 0 Å². The summed E-state index contributed by atoms with van der Waals surface area (Å²) >= 11 is 2.00. The number of aromatic nitrogens is 2. The van der Waals surface area contributed by atoms with E-state index in [1.54, 1.807) is 0 Å². The van der Waals surface area contributed by atoms with Crippen molar-refractivity contribution in [2.45, 2.75) is 24.8 Å². The van der Waals surface area contributed by atoms with E-state index in [0.29, 0.717) is 12.1 Å². The first-order chi connectivity index (χ1) is 8.84. The van der Waals surface area contributed by atoms with Crippen molar-refractivity contribution in [3.05, 3.63) is 53.3 Å². The SMILES string of the molecule is CC(NC1CSCc2ccccc21)c1cn[nH]c1. The average molecular weight is 259 g/mol. The molecule has 2 aromatic rings. The molecule has 1 aromatic heterocycles. The number of H-pyrrole nitrogens is 1. The number of hydrogen-bond donors (Lipinski definition) is 2. The monoisotopic (exact) mass is 259 g/mol. The lowest BCUT2D eigenvalue weighted by atomic mass is 10.0. The highest BCUT2D eigenvalue weighted by Crippen LogP contribution is 2.32. The highest BCUT2D eigenvalue weighted by Gasteiger charge is 2.21. The van der Waals surface area contributed by atoms with Gasteiger partial charge in [-0.3, -0.25) is 5.10 Å². The molecule has 94 valence electrons. The molecule has 2 heterocycles. The molecule has 3 rings (SSSR count). The fraction of sp³-hybridized carbons (Fsp3) is 0.357. The highest BCUT2D eigenvalue weighted by atomic mass is 32.2. The number of nitrogens with zero attached hydrogens (tertiary/aromatic N) is 1. The van der Waals surface area contributed by atoms with E-state index in [-0.39, 0.29) is 0 Å². The van der Waals surface area contributed by atoms with Crippen LogP contribution < -0.4 is 5.32 Å². The second-order valence-corrected chi connectivity index (χ2v) is 5.72. The van der Waals surface area contributed by atoms with Crippen molar-refractivity contribution in [3.8, 4) is 0 Å². The van der Waals surface area contributed by atoms with E-state index in [9.17, 15) is 0 Å². The van der Waals surface area contributed by atoms with Crippen molar-refractivity contribution in [2.75, 3.05) is 5.75 Å². The lowest BCUT2D eigenvalue weighted by molar-refractivity contribution is 0.496. The van der Waals surface area contributed by atoms with Crippen LogP contribution in [-0.4, -0.2) is 16.0 Å². The Kier molecular flexibility index (Phi) is 3.39. The zero-order chi connectivity index (χ0) is 12.4. The van der Waals surface area contributed by atoms with E-state index in [0.717, 1.165) is 11.5 Å². The summed E-state index contributed by atoms with van der Waals surface area (Å²) in [5.41, 5.74) is 4.13. The first-order valence-corrected chi connectivity index (χ1v) is 7.40. The van der Waals surface area contributed by atoms with Gasteiger partial charge in [-0.2, -0.15) is 16.9 Å². The molecule has 1 aliphatic rings. The van der Waals surface area contributed by atoms with Gasteiger partial charge < -0.3 is 5.32 Å². The summed E-state index contributed by atoms with van der Waals surface area (Å²) in [6, 6.07) is 9.49. The Balaban J connectivity index is 1.78. The van der Waals surface area contributed by atoms with Gasteiger partial charge in [0.25, 0.3) is 0 Å².